The third-order valence-corrected chi connectivity index (χ3v) is 2.55. The van der Waals surface area contributed by atoms with Gasteiger partial charge in [-0.1, -0.05) is 5.11 Å². The zero-order chi connectivity index (χ0) is 11.7. The Morgan fingerprint density at radius 2 is 2.44 bits per heavy atom. The summed E-state index contributed by atoms with van der Waals surface area (Å²) in [7, 11) is 0. The van der Waals surface area contributed by atoms with Gasteiger partial charge in [-0.15, -0.1) is 0 Å². The van der Waals surface area contributed by atoms with Crippen LogP contribution in [0.25, 0.3) is 10.4 Å². The van der Waals surface area contributed by atoms with E-state index in [4.69, 9.17) is 19.7 Å². The van der Waals surface area contributed by atoms with Crippen LogP contribution in [0.4, 0.5) is 0 Å². The van der Waals surface area contributed by atoms with Gasteiger partial charge in [0, 0.05) is 11.8 Å². The van der Waals surface area contributed by atoms with Crippen LogP contribution in [-0.4, -0.2) is 48.3 Å². The van der Waals surface area contributed by atoms with Gasteiger partial charge in [-0.2, -0.15) is 0 Å². The maximum atomic E-state index is 10.9. The Kier molecular flexibility index (Phi) is 2.97. The Morgan fingerprint density at radius 1 is 1.69 bits per heavy atom. The fourth-order valence-electron chi connectivity index (χ4n) is 1.88. The van der Waals surface area contributed by atoms with E-state index in [1.807, 2.05) is 0 Å². The first-order valence-corrected chi connectivity index (χ1v) is 4.80. The number of rotatable bonds is 2. The number of carbonyl (C=O) groups is 1. The molecule has 88 valence electrons. The van der Waals surface area contributed by atoms with Crippen molar-refractivity contribution in [3.05, 3.63) is 10.4 Å². The number of ether oxygens (including phenoxy) is 3. The third kappa shape index (κ3) is 1.83. The number of nitrogens with zero attached hydrogens (tertiary/aromatic N) is 3. The number of aliphatic hydroxyl groups is 1. The lowest BCUT2D eigenvalue weighted by Crippen LogP contribution is -2.54. The van der Waals surface area contributed by atoms with E-state index < -0.39 is 36.6 Å². The van der Waals surface area contributed by atoms with E-state index in [9.17, 15) is 9.90 Å². The van der Waals surface area contributed by atoms with Crippen LogP contribution in [0.5, 0.6) is 0 Å². The fraction of sp³-hybridized carbons (Fsp3) is 0.875. The normalized spacial score (nSPS) is 41.2. The van der Waals surface area contributed by atoms with Crippen LogP contribution in [0.2, 0.25) is 0 Å². The molecular weight excluding hydrogens is 218 g/mol. The van der Waals surface area contributed by atoms with Gasteiger partial charge in [-0.25, -0.2) is 0 Å². The van der Waals surface area contributed by atoms with Gasteiger partial charge in [0.1, 0.15) is 24.4 Å². The zero-order valence-electron chi connectivity index (χ0n) is 8.52. The molecule has 1 N–H and O–H groups in total. The summed E-state index contributed by atoms with van der Waals surface area (Å²) in [5.41, 5.74) is 8.41. The summed E-state index contributed by atoms with van der Waals surface area (Å²) in [6.07, 6.45) is -3.26. The van der Waals surface area contributed by atoms with Crippen molar-refractivity contribution in [2.75, 3.05) is 6.61 Å². The lowest BCUT2D eigenvalue weighted by atomic mass is 9.99. The van der Waals surface area contributed by atoms with E-state index in [1.165, 1.54) is 6.92 Å². The Bertz CT molecular complexity index is 343. The molecule has 8 heteroatoms. The van der Waals surface area contributed by atoms with E-state index >= 15 is 0 Å². The predicted molar refractivity (Wildman–Crippen MR) is 49.1 cm³/mol. The Balaban J connectivity index is 2.22. The molecule has 0 aromatic heterocycles. The molecule has 2 aliphatic rings. The number of azide groups is 1. The zero-order valence-corrected chi connectivity index (χ0v) is 8.52. The molecule has 8 nitrogen and oxygen atoms in total. The van der Waals surface area contributed by atoms with Crippen molar-refractivity contribution < 1.29 is 24.1 Å². The molecule has 0 aromatic carbocycles. The molecular formula is C8H11N3O5. The quantitative estimate of drug-likeness (QED) is 0.302. The van der Waals surface area contributed by atoms with Crippen molar-refractivity contribution in [2.24, 2.45) is 5.11 Å². The predicted octanol–water partition coefficient (Wildman–Crippen LogP) is -0.287. The summed E-state index contributed by atoms with van der Waals surface area (Å²) >= 11 is 0. The number of fused-ring (bicyclic) bond motifs is 2. The minimum absolute atomic E-state index is 0.195. The maximum Gasteiger partial charge on any atom is 0.303 e. The lowest BCUT2D eigenvalue weighted by molar-refractivity contribution is -0.196. The van der Waals surface area contributed by atoms with Gasteiger partial charge >= 0.3 is 5.97 Å². The van der Waals surface area contributed by atoms with E-state index in [0.717, 1.165) is 0 Å². The molecule has 2 aliphatic heterocycles. The molecule has 5 atom stereocenters. The summed E-state index contributed by atoms with van der Waals surface area (Å²) in [5, 5.41) is 13.3. The summed E-state index contributed by atoms with van der Waals surface area (Å²) in [4.78, 5) is 13.5. The summed E-state index contributed by atoms with van der Waals surface area (Å²) in [6.45, 7) is 1.42. The van der Waals surface area contributed by atoms with Crippen LogP contribution in [0.3, 0.4) is 0 Å². The second-order valence-corrected chi connectivity index (χ2v) is 3.64. The average Bonchev–Trinajstić information content (AvgIpc) is 2.66. The SMILES string of the molecule is CC(=O)OC1C(O)C2COC(O2)C1N=[N+]=[N-]. The van der Waals surface area contributed by atoms with Crippen LogP contribution >= 0.6 is 0 Å². The number of esters is 1. The Hall–Kier alpha value is -1.34. The van der Waals surface area contributed by atoms with Crippen LogP contribution < -0.4 is 0 Å². The second-order valence-electron chi connectivity index (χ2n) is 3.64. The van der Waals surface area contributed by atoms with E-state index in [0.29, 0.717) is 0 Å². The van der Waals surface area contributed by atoms with Crippen molar-refractivity contribution in [1.29, 1.82) is 0 Å². The monoisotopic (exact) mass is 229 g/mol. The molecule has 2 heterocycles. The highest BCUT2D eigenvalue weighted by Crippen LogP contribution is 2.31. The van der Waals surface area contributed by atoms with Crippen LogP contribution in [0.1, 0.15) is 6.92 Å². The van der Waals surface area contributed by atoms with Crippen molar-refractivity contribution in [3.63, 3.8) is 0 Å². The second kappa shape index (κ2) is 4.26. The molecule has 0 spiro atoms. The van der Waals surface area contributed by atoms with Gasteiger partial charge in [0.25, 0.3) is 0 Å². The number of hydrogen-bond acceptors (Lipinski definition) is 6. The maximum absolute atomic E-state index is 10.9. The highest BCUT2D eigenvalue weighted by Gasteiger charge is 2.51. The molecule has 5 unspecified atom stereocenters. The molecule has 0 amide bonds. The molecule has 2 saturated heterocycles. The third-order valence-electron chi connectivity index (χ3n) is 2.55. The van der Waals surface area contributed by atoms with E-state index in [-0.39, 0.29) is 6.61 Å². The minimum Gasteiger partial charge on any atom is -0.459 e. The summed E-state index contributed by atoms with van der Waals surface area (Å²) in [5.74, 6) is -0.552. The van der Waals surface area contributed by atoms with Crippen molar-refractivity contribution >= 4 is 5.97 Å². The molecule has 0 radical (unpaired) electrons. The standard InChI is InChI=1S/C8H11N3O5/c1-3(12)15-7-5(10-11-9)8-14-2-4(16-8)6(7)13/h4-8,13H,2H2,1H3. The van der Waals surface area contributed by atoms with E-state index in [1.54, 1.807) is 0 Å². The Labute approximate surface area is 90.7 Å². The van der Waals surface area contributed by atoms with Gasteiger partial charge in [0.2, 0.25) is 0 Å². The highest BCUT2D eigenvalue weighted by molar-refractivity contribution is 5.66. The number of hydrogen-bond donors (Lipinski definition) is 1. The van der Waals surface area contributed by atoms with Gasteiger partial charge < -0.3 is 19.3 Å². The minimum atomic E-state index is -1.04. The Morgan fingerprint density at radius 3 is 3.06 bits per heavy atom. The van der Waals surface area contributed by atoms with Crippen LogP contribution in [0.15, 0.2) is 5.11 Å². The molecule has 0 saturated carbocycles. The average molecular weight is 229 g/mol. The smallest absolute Gasteiger partial charge is 0.303 e. The van der Waals surface area contributed by atoms with Gasteiger partial charge in [-0.3, -0.25) is 4.79 Å². The molecule has 2 rings (SSSR count). The number of aliphatic hydroxyl groups excluding tert-OH is 1. The first kappa shape index (κ1) is 11.2. The number of carbonyl (C=O) groups excluding carboxylic acids is 1. The van der Waals surface area contributed by atoms with Gasteiger partial charge in [0.05, 0.1) is 6.61 Å². The molecule has 0 aromatic rings. The first-order valence-electron chi connectivity index (χ1n) is 4.80. The van der Waals surface area contributed by atoms with Gasteiger partial charge in [0.15, 0.2) is 6.29 Å². The first-order chi connectivity index (χ1) is 7.63. The fourth-order valence-corrected chi connectivity index (χ4v) is 1.88. The molecule has 16 heavy (non-hydrogen) atoms. The molecule has 0 aliphatic carbocycles. The van der Waals surface area contributed by atoms with Crippen molar-refractivity contribution in [3.8, 4) is 0 Å². The summed E-state index contributed by atoms with van der Waals surface area (Å²) < 4.78 is 15.4. The van der Waals surface area contributed by atoms with E-state index in [2.05, 4.69) is 10.0 Å². The topological polar surface area (TPSA) is 114 Å². The lowest BCUT2D eigenvalue weighted by Gasteiger charge is -2.35. The largest absolute Gasteiger partial charge is 0.459 e. The summed E-state index contributed by atoms with van der Waals surface area (Å²) in [6, 6.07) is -0.859. The molecule has 2 fully saturated rings. The van der Waals surface area contributed by atoms with Gasteiger partial charge in [-0.05, 0) is 5.53 Å². The van der Waals surface area contributed by atoms with Crippen LogP contribution in [0, 0.1) is 0 Å². The van der Waals surface area contributed by atoms with Crippen LogP contribution in [-0.2, 0) is 19.0 Å². The van der Waals surface area contributed by atoms with Crippen molar-refractivity contribution in [1.82, 2.24) is 0 Å². The highest BCUT2D eigenvalue weighted by atomic mass is 16.7. The molecule has 2 bridgehead atoms. The van der Waals surface area contributed by atoms with Crippen molar-refractivity contribution in [2.45, 2.75) is 37.6 Å².